The predicted molar refractivity (Wildman–Crippen MR) is 86.7 cm³/mol. The Hall–Kier alpha value is -1.55. The Labute approximate surface area is 136 Å². The van der Waals surface area contributed by atoms with Crippen LogP contribution in [0.25, 0.3) is 0 Å². The average molecular weight is 327 g/mol. The lowest BCUT2D eigenvalue weighted by Gasteiger charge is -2.22. The Morgan fingerprint density at radius 3 is 2.41 bits per heavy atom. The molecule has 1 rings (SSSR count). The monoisotopic (exact) mass is 326 g/mol. The first-order valence-corrected chi connectivity index (χ1v) is 7.90. The van der Waals surface area contributed by atoms with Gasteiger partial charge in [0.25, 0.3) is 0 Å². The number of aryl methyl sites for hydroxylation is 1. The summed E-state index contributed by atoms with van der Waals surface area (Å²) in [4.78, 5) is 23.7. The summed E-state index contributed by atoms with van der Waals surface area (Å²) < 4.78 is 5.54. The van der Waals surface area contributed by atoms with Crippen LogP contribution in [0.5, 0.6) is 0 Å². The highest BCUT2D eigenvalue weighted by Crippen LogP contribution is 2.24. The number of benzene rings is 1. The summed E-state index contributed by atoms with van der Waals surface area (Å²) in [5.41, 5.74) is 0.573. The Kier molecular flexibility index (Phi) is 6.88. The molecule has 0 aliphatic heterocycles. The van der Waals surface area contributed by atoms with Crippen LogP contribution in [-0.2, 0) is 4.74 Å². The number of carboxylic acids is 1. The van der Waals surface area contributed by atoms with E-state index in [9.17, 15) is 14.7 Å². The van der Waals surface area contributed by atoms with Crippen molar-refractivity contribution in [1.82, 2.24) is 0 Å². The van der Waals surface area contributed by atoms with Gasteiger partial charge in [-0.1, -0.05) is 45.2 Å². The summed E-state index contributed by atoms with van der Waals surface area (Å²) in [6, 6.07) is 2.78. The molecule has 22 heavy (non-hydrogen) atoms. The molecule has 1 aromatic rings. The number of carbonyl (C=O) groups is 2. The van der Waals surface area contributed by atoms with Crippen LogP contribution in [0.1, 0.15) is 66.3 Å². The third-order valence-corrected chi connectivity index (χ3v) is 4.00. The zero-order valence-electron chi connectivity index (χ0n) is 13.5. The molecule has 0 heterocycles. The van der Waals surface area contributed by atoms with Crippen molar-refractivity contribution < 1.29 is 19.4 Å². The Morgan fingerprint density at radius 1 is 1.27 bits per heavy atom. The van der Waals surface area contributed by atoms with Gasteiger partial charge in [0.1, 0.15) is 6.10 Å². The maximum atomic E-state index is 12.4. The second kappa shape index (κ2) is 8.18. The minimum Gasteiger partial charge on any atom is -0.478 e. The van der Waals surface area contributed by atoms with E-state index in [2.05, 4.69) is 6.92 Å². The number of rotatable bonds is 7. The first-order chi connectivity index (χ1) is 10.3. The topological polar surface area (TPSA) is 63.6 Å². The SMILES string of the molecule is CCCCC(OC(=O)c1cc(C)c(Cl)cc1C(=O)O)C(C)C. The number of hydrogen-bond acceptors (Lipinski definition) is 3. The van der Waals surface area contributed by atoms with Gasteiger partial charge in [0.2, 0.25) is 0 Å². The number of esters is 1. The second-order valence-electron chi connectivity index (χ2n) is 5.78. The first kappa shape index (κ1) is 18.5. The van der Waals surface area contributed by atoms with Gasteiger partial charge >= 0.3 is 11.9 Å². The van der Waals surface area contributed by atoms with Crippen molar-refractivity contribution in [1.29, 1.82) is 0 Å². The summed E-state index contributed by atoms with van der Waals surface area (Å²) in [6.07, 6.45) is 2.53. The van der Waals surface area contributed by atoms with Crippen LogP contribution in [0, 0.1) is 12.8 Å². The molecule has 122 valence electrons. The molecule has 0 radical (unpaired) electrons. The van der Waals surface area contributed by atoms with Crippen LogP contribution in [0.4, 0.5) is 0 Å². The quantitative estimate of drug-likeness (QED) is 0.736. The van der Waals surface area contributed by atoms with Crippen molar-refractivity contribution in [2.45, 2.75) is 53.1 Å². The molecule has 0 saturated heterocycles. The zero-order valence-corrected chi connectivity index (χ0v) is 14.2. The van der Waals surface area contributed by atoms with Crippen molar-refractivity contribution in [3.63, 3.8) is 0 Å². The first-order valence-electron chi connectivity index (χ1n) is 7.52. The van der Waals surface area contributed by atoms with Crippen molar-refractivity contribution in [3.05, 3.63) is 33.8 Å². The van der Waals surface area contributed by atoms with E-state index >= 15 is 0 Å². The van der Waals surface area contributed by atoms with E-state index in [1.165, 1.54) is 12.1 Å². The highest BCUT2D eigenvalue weighted by Gasteiger charge is 2.24. The number of unbranched alkanes of at least 4 members (excludes halogenated alkanes) is 1. The number of carboxylic acid groups (broad SMARTS) is 1. The summed E-state index contributed by atoms with van der Waals surface area (Å²) in [6.45, 7) is 7.77. The van der Waals surface area contributed by atoms with E-state index in [0.29, 0.717) is 10.6 Å². The van der Waals surface area contributed by atoms with Crippen molar-refractivity contribution in [2.24, 2.45) is 5.92 Å². The fourth-order valence-electron chi connectivity index (χ4n) is 2.16. The predicted octanol–water partition coefficient (Wildman–Crippen LogP) is 4.72. The van der Waals surface area contributed by atoms with Crippen molar-refractivity contribution in [3.8, 4) is 0 Å². The van der Waals surface area contributed by atoms with E-state index in [4.69, 9.17) is 16.3 Å². The number of hydrogen-bond donors (Lipinski definition) is 1. The molecule has 0 amide bonds. The summed E-state index contributed by atoms with van der Waals surface area (Å²) in [7, 11) is 0. The lowest BCUT2D eigenvalue weighted by Crippen LogP contribution is -2.25. The maximum Gasteiger partial charge on any atom is 0.339 e. The second-order valence-corrected chi connectivity index (χ2v) is 6.19. The third-order valence-electron chi connectivity index (χ3n) is 3.59. The Bertz CT molecular complexity index is 552. The standard InChI is InChI=1S/C17H23ClO4/c1-5-6-7-15(10(2)3)22-17(21)13-8-11(4)14(18)9-12(13)16(19)20/h8-10,15H,5-7H2,1-4H3,(H,19,20). The van der Waals surface area contributed by atoms with Gasteiger partial charge in [0, 0.05) is 5.02 Å². The summed E-state index contributed by atoms with van der Waals surface area (Å²) >= 11 is 5.94. The van der Waals surface area contributed by atoms with Crippen LogP contribution < -0.4 is 0 Å². The molecule has 1 aromatic carbocycles. The highest BCUT2D eigenvalue weighted by atomic mass is 35.5. The number of carbonyl (C=O) groups excluding carboxylic acids is 1. The van der Waals surface area contributed by atoms with Gasteiger partial charge in [-0.2, -0.15) is 0 Å². The minimum absolute atomic E-state index is 0.0524. The van der Waals surface area contributed by atoms with Crippen LogP contribution >= 0.6 is 11.6 Å². The molecule has 1 N–H and O–H groups in total. The van der Waals surface area contributed by atoms with E-state index in [1.54, 1.807) is 6.92 Å². The molecule has 0 aliphatic carbocycles. The summed E-state index contributed by atoms with van der Waals surface area (Å²) in [5.74, 6) is -1.62. The number of aromatic carboxylic acids is 1. The van der Waals surface area contributed by atoms with E-state index < -0.39 is 11.9 Å². The van der Waals surface area contributed by atoms with Gasteiger partial charge in [-0.25, -0.2) is 9.59 Å². The van der Waals surface area contributed by atoms with Gasteiger partial charge in [0.15, 0.2) is 0 Å². The zero-order chi connectivity index (χ0) is 16.9. The third kappa shape index (κ3) is 4.73. The van der Waals surface area contributed by atoms with Crippen molar-refractivity contribution in [2.75, 3.05) is 0 Å². The molecule has 5 heteroatoms. The Balaban J connectivity index is 3.06. The molecule has 0 aliphatic rings. The fraction of sp³-hybridized carbons (Fsp3) is 0.529. The van der Waals surface area contributed by atoms with Crippen LogP contribution in [0.15, 0.2) is 12.1 Å². The summed E-state index contributed by atoms with van der Waals surface area (Å²) in [5, 5.41) is 9.57. The molecule has 0 aromatic heterocycles. The minimum atomic E-state index is -1.19. The Morgan fingerprint density at radius 2 is 1.91 bits per heavy atom. The van der Waals surface area contributed by atoms with E-state index in [1.807, 2.05) is 13.8 Å². The molecule has 1 unspecified atom stereocenters. The fourth-order valence-corrected chi connectivity index (χ4v) is 2.33. The van der Waals surface area contributed by atoms with Gasteiger partial charge < -0.3 is 9.84 Å². The van der Waals surface area contributed by atoms with Gasteiger partial charge in [0.05, 0.1) is 11.1 Å². The largest absolute Gasteiger partial charge is 0.478 e. The smallest absolute Gasteiger partial charge is 0.339 e. The molecule has 0 bridgehead atoms. The molecule has 1 atom stereocenters. The molecule has 4 nitrogen and oxygen atoms in total. The van der Waals surface area contributed by atoms with Gasteiger partial charge in [-0.05, 0) is 37.0 Å². The van der Waals surface area contributed by atoms with Crippen LogP contribution in [0.2, 0.25) is 5.02 Å². The maximum absolute atomic E-state index is 12.4. The van der Waals surface area contributed by atoms with Crippen LogP contribution in [0.3, 0.4) is 0 Å². The van der Waals surface area contributed by atoms with E-state index in [-0.39, 0.29) is 23.1 Å². The van der Waals surface area contributed by atoms with Crippen LogP contribution in [-0.4, -0.2) is 23.1 Å². The van der Waals surface area contributed by atoms with Gasteiger partial charge in [-0.15, -0.1) is 0 Å². The molecular weight excluding hydrogens is 304 g/mol. The average Bonchev–Trinajstić information content (AvgIpc) is 2.44. The van der Waals surface area contributed by atoms with Gasteiger partial charge in [-0.3, -0.25) is 0 Å². The molecular formula is C17H23ClO4. The molecule has 0 fully saturated rings. The normalized spacial score (nSPS) is 12.3. The molecule has 0 spiro atoms. The van der Waals surface area contributed by atoms with E-state index in [0.717, 1.165) is 19.3 Å². The lowest BCUT2D eigenvalue weighted by molar-refractivity contribution is 0.0149. The van der Waals surface area contributed by atoms with Crippen molar-refractivity contribution >= 4 is 23.5 Å². The molecule has 0 saturated carbocycles. The number of halogens is 1. The highest BCUT2D eigenvalue weighted by molar-refractivity contribution is 6.32. The number of ether oxygens (including phenoxy) is 1. The lowest BCUT2D eigenvalue weighted by atomic mass is 10.0.